The number of unbranched alkanes of at least 4 members (excludes halogenated alkanes) is 1. The fraction of sp³-hybridized carbons (Fsp3) is 0.360. The second kappa shape index (κ2) is 21.1. The molecule has 68 heavy (non-hydrogen) atoms. The molecule has 2 aliphatic heterocycles. The largest absolute Gasteiger partial charge is 0.492 e. The van der Waals surface area contributed by atoms with Crippen LogP contribution in [0.5, 0.6) is 5.75 Å². The molecule has 2 aromatic heterocycles. The van der Waals surface area contributed by atoms with Gasteiger partial charge in [-0.15, -0.1) is 0 Å². The average molecular weight is 962 g/mol. The number of thiocarbonyl (C=S) groups is 1. The average Bonchev–Trinajstić information content (AvgIpc) is 4.04. The molecule has 3 atom stereocenters. The molecule has 5 aromatic rings. The Hall–Kier alpha value is -6.71. The van der Waals surface area contributed by atoms with Gasteiger partial charge in [-0.1, -0.05) is 68.8 Å². The van der Waals surface area contributed by atoms with E-state index in [0.29, 0.717) is 47.3 Å². The van der Waals surface area contributed by atoms with E-state index in [1.54, 1.807) is 49.3 Å². The van der Waals surface area contributed by atoms with Crippen molar-refractivity contribution < 1.29 is 38.2 Å². The maximum atomic E-state index is 14.0. The molecular formula is C50H53ClN8O8S. The lowest BCUT2D eigenvalue weighted by molar-refractivity contribution is -0.144. The minimum absolute atomic E-state index is 0.0309. The molecule has 7 rings (SSSR count). The van der Waals surface area contributed by atoms with Gasteiger partial charge >= 0.3 is 0 Å². The van der Waals surface area contributed by atoms with E-state index >= 15 is 0 Å². The minimum atomic E-state index is -0.987. The van der Waals surface area contributed by atoms with Crippen LogP contribution in [0.25, 0.3) is 22.6 Å². The van der Waals surface area contributed by atoms with Gasteiger partial charge < -0.3 is 39.4 Å². The third kappa shape index (κ3) is 11.2. The molecule has 4 heterocycles. The lowest BCUT2D eigenvalue weighted by Gasteiger charge is -2.35. The van der Waals surface area contributed by atoms with Crippen molar-refractivity contribution in [1.82, 2.24) is 25.5 Å². The smallest absolute Gasteiger partial charge is 0.259 e. The second-order valence-electron chi connectivity index (χ2n) is 18.2. The van der Waals surface area contributed by atoms with Crippen LogP contribution in [0.2, 0.25) is 5.02 Å². The van der Waals surface area contributed by atoms with Crippen LogP contribution in [-0.2, 0) is 30.5 Å². The Balaban J connectivity index is 0.831. The van der Waals surface area contributed by atoms with Gasteiger partial charge in [-0.3, -0.25) is 29.1 Å². The first-order chi connectivity index (χ1) is 32.5. The predicted octanol–water partition coefficient (Wildman–Crippen LogP) is 6.83. The zero-order valence-electron chi connectivity index (χ0n) is 38.4. The summed E-state index contributed by atoms with van der Waals surface area (Å²) < 4.78 is 16.9. The van der Waals surface area contributed by atoms with E-state index in [-0.39, 0.29) is 43.7 Å². The second-order valence-corrected chi connectivity index (χ2v) is 18.9. The number of pyridine rings is 1. The van der Waals surface area contributed by atoms with Crippen LogP contribution >= 0.6 is 23.8 Å². The number of amides is 4. The first kappa shape index (κ1) is 49.2. The fourth-order valence-corrected chi connectivity index (χ4v) is 8.78. The Kier molecular flexibility index (Phi) is 15.2. The van der Waals surface area contributed by atoms with E-state index in [0.717, 1.165) is 28.1 Å². The first-order valence-corrected chi connectivity index (χ1v) is 22.9. The molecule has 16 nitrogen and oxygen atoms in total. The Morgan fingerprint density at radius 1 is 1.00 bits per heavy atom. The highest BCUT2D eigenvalue weighted by atomic mass is 35.5. The summed E-state index contributed by atoms with van der Waals surface area (Å²) in [6, 6.07) is 23.7. The van der Waals surface area contributed by atoms with Crippen LogP contribution in [0, 0.1) is 16.7 Å². The summed E-state index contributed by atoms with van der Waals surface area (Å²) in [5.41, 5.74) is 3.08. The van der Waals surface area contributed by atoms with E-state index < -0.39 is 46.9 Å². The molecule has 4 amide bonds. The van der Waals surface area contributed by atoms with Gasteiger partial charge in [0.15, 0.2) is 17.3 Å². The first-order valence-electron chi connectivity index (χ1n) is 22.1. The number of anilines is 2. The molecule has 2 saturated heterocycles. The number of carbonyl (C=O) groups is 4. The van der Waals surface area contributed by atoms with Crippen molar-refractivity contribution in [3.05, 3.63) is 114 Å². The number of hydrogen-bond acceptors (Lipinski definition) is 12. The molecule has 2 aliphatic rings. The molecule has 0 radical (unpaired) electrons. The van der Waals surface area contributed by atoms with E-state index in [2.05, 4.69) is 20.6 Å². The van der Waals surface area contributed by atoms with Crippen LogP contribution in [0.4, 0.5) is 11.4 Å². The van der Waals surface area contributed by atoms with Crippen molar-refractivity contribution in [3.63, 3.8) is 0 Å². The van der Waals surface area contributed by atoms with Crippen molar-refractivity contribution >= 4 is 63.9 Å². The van der Waals surface area contributed by atoms with Crippen molar-refractivity contribution in [3.8, 4) is 34.4 Å². The summed E-state index contributed by atoms with van der Waals surface area (Å²) in [5.74, 6) is -0.326. The Morgan fingerprint density at radius 3 is 2.35 bits per heavy atom. The number of likely N-dealkylation sites (tertiary alicyclic amines) is 1. The normalized spacial score (nSPS) is 17.2. The van der Waals surface area contributed by atoms with Gasteiger partial charge in [-0.2, -0.15) is 5.26 Å². The van der Waals surface area contributed by atoms with E-state index in [4.69, 9.17) is 37.7 Å². The van der Waals surface area contributed by atoms with Gasteiger partial charge in [-0.05, 0) is 92.4 Å². The number of hydrogen-bond donors (Lipinski definition) is 3. The molecule has 0 spiro atoms. The van der Waals surface area contributed by atoms with Crippen molar-refractivity contribution in [2.45, 2.75) is 84.2 Å². The number of carbonyl (C=O) groups excluding carboxylic acids is 4. The minimum Gasteiger partial charge on any atom is -0.492 e. The topological polar surface area (TPSA) is 203 Å². The fourth-order valence-electron chi connectivity index (χ4n) is 8.04. The summed E-state index contributed by atoms with van der Waals surface area (Å²) >= 11 is 12.1. The van der Waals surface area contributed by atoms with E-state index in [1.165, 1.54) is 16.2 Å². The number of aliphatic hydroxyl groups excluding tert-OH is 1. The van der Waals surface area contributed by atoms with Gasteiger partial charge in [0.1, 0.15) is 36.0 Å². The quantitative estimate of drug-likeness (QED) is 0.0647. The van der Waals surface area contributed by atoms with Crippen molar-refractivity contribution in [2.24, 2.45) is 5.41 Å². The van der Waals surface area contributed by atoms with E-state index in [9.17, 15) is 29.5 Å². The highest BCUT2D eigenvalue weighted by Crippen LogP contribution is 2.38. The van der Waals surface area contributed by atoms with E-state index in [1.807, 2.05) is 87.5 Å². The standard InChI is InChI=1S/C50H53ClN8O8S/c1-49(2,3)44(46(63)57-28-37(60)23-41(57)45(62)55-25-31-8-10-33(11-9-31)42-27-53-30-67-42)56-43(61)29-65-20-6-7-21-66-38-18-19-40(54-26-38)32-12-15-35(16-13-32)59-48(68)58(47(64)50(59,4)5)36-17-14-34(24-52)39(51)22-36/h8-19,22,26-27,30,37,41,44,60H,6-7,20-21,23,25,28-29H2,1-5H3,(H,55,62)(H,56,61)/t37-,41+,44-/m1/s1. The number of nitrogens with zero attached hydrogens (tertiary/aromatic N) is 6. The molecule has 2 fully saturated rings. The van der Waals surface area contributed by atoms with Gasteiger partial charge in [0.25, 0.3) is 5.91 Å². The number of oxazole rings is 1. The Bertz CT molecular complexity index is 2670. The van der Waals surface area contributed by atoms with Crippen LogP contribution in [0.3, 0.4) is 0 Å². The number of nitrogens with one attached hydrogen (secondary N) is 2. The zero-order valence-corrected chi connectivity index (χ0v) is 40.0. The van der Waals surface area contributed by atoms with Gasteiger partial charge in [0, 0.05) is 42.9 Å². The monoisotopic (exact) mass is 960 g/mol. The summed E-state index contributed by atoms with van der Waals surface area (Å²) in [7, 11) is 0. The maximum Gasteiger partial charge on any atom is 0.259 e. The predicted molar refractivity (Wildman–Crippen MR) is 259 cm³/mol. The number of aliphatic hydroxyl groups is 1. The van der Waals surface area contributed by atoms with Crippen LogP contribution in [0.1, 0.15) is 65.0 Å². The number of halogens is 1. The van der Waals surface area contributed by atoms with Crippen molar-refractivity contribution in [1.29, 1.82) is 5.26 Å². The molecule has 18 heteroatoms. The lowest BCUT2D eigenvalue weighted by Crippen LogP contribution is -2.58. The molecule has 3 aromatic carbocycles. The molecule has 0 aliphatic carbocycles. The highest BCUT2D eigenvalue weighted by molar-refractivity contribution is 7.81. The SMILES string of the molecule is CC(C)(C)[C@H](NC(=O)COCCCCOc1ccc(-c2ccc(N3C(=S)N(c4ccc(C#N)c(Cl)c4)C(=O)C3(C)C)cc2)nc1)C(=O)N1C[C@H](O)C[C@H]1C(=O)NCc1ccc(-c2cnco2)cc1. The molecular weight excluding hydrogens is 908 g/mol. The Labute approximate surface area is 405 Å². The summed E-state index contributed by atoms with van der Waals surface area (Å²) in [6.07, 6.45) is 5.07. The van der Waals surface area contributed by atoms with Gasteiger partial charge in [0.05, 0.1) is 47.1 Å². The van der Waals surface area contributed by atoms with Crippen LogP contribution in [0.15, 0.2) is 102 Å². The van der Waals surface area contributed by atoms with Gasteiger partial charge in [0.2, 0.25) is 17.7 Å². The molecule has 0 unspecified atom stereocenters. The number of ether oxygens (including phenoxy) is 2. The number of rotatable bonds is 17. The zero-order chi connectivity index (χ0) is 48.8. The number of benzene rings is 3. The summed E-state index contributed by atoms with van der Waals surface area (Å²) in [5, 5.41) is 26.0. The lowest BCUT2D eigenvalue weighted by atomic mass is 9.85. The molecule has 354 valence electrons. The highest BCUT2D eigenvalue weighted by Gasteiger charge is 2.50. The summed E-state index contributed by atoms with van der Waals surface area (Å²) in [6.45, 7) is 9.69. The third-order valence-electron chi connectivity index (χ3n) is 11.8. The summed E-state index contributed by atoms with van der Waals surface area (Å²) in [4.78, 5) is 67.1. The van der Waals surface area contributed by atoms with Crippen LogP contribution < -0.4 is 25.2 Å². The Morgan fingerprint density at radius 2 is 1.71 bits per heavy atom. The van der Waals surface area contributed by atoms with Crippen molar-refractivity contribution in [2.75, 3.05) is 36.2 Å². The maximum absolute atomic E-state index is 14.0. The molecule has 0 bridgehead atoms. The number of β-amino-alcohol motifs (C(OH)–C–C–N with tert-alkyl or cyclic N) is 1. The van der Waals surface area contributed by atoms with Crippen LogP contribution in [-0.4, -0.2) is 98.8 Å². The molecule has 3 N–H and O–H groups in total. The number of nitriles is 1. The van der Waals surface area contributed by atoms with Gasteiger partial charge in [-0.25, -0.2) is 4.98 Å². The molecule has 0 saturated carbocycles. The number of aromatic nitrogens is 2. The third-order valence-corrected chi connectivity index (χ3v) is 12.4.